The number of hydrogen-bond acceptors (Lipinski definition) is 5. The predicted octanol–water partition coefficient (Wildman–Crippen LogP) is 4.74. The molecule has 3 aromatic rings. The summed E-state index contributed by atoms with van der Waals surface area (Å²) in [6.07, 6.45) is 7.55. The molecular weight excluding hydrogens is 370 g/mol. The van der Waals surface area contributed by atoms with Crippen LogP contribution in [-0.2, 0) is 0 Å². The molecule has 144 valence electrons. The van der Waals surface area contributed by atoms with Crippen LogP contribution >= 0.6 is 11.3 Å². The molecule has 1 heterocycles. The second-order valence-electron chi connectivity index (χ2n) is 6.96. The molecule has 1 fully saturated rings. The molecule has 0 saturated heterocycles. The second-order valence-corrected chi connectivity index (χ2v) is 7.80. The van der Waals surface area contributed by atoms with E-state index in [1.165, 1.54) is 25.3 Å². The summed E-state index contributed by atoms with van der Waals surface area (Å²) in [6, 6.07) is 15.3. The minimum atomic E-state index is -0.172. The van der Waals surface area contributed by atoms with Gasteiger partial charge < -0.3 is 10.2 Å². The number of rotatable bonds is 4. The van der Waals surface area contributed by atoms with Crippen molar-refractivity contribution in [3.8, 4) is 22.8 Å². The fourth-order valence-electron chi connectivity index (χ4n) is 3.45. The number of benzene rings is 2. The average Bonchev–Trinajstić information content (AvgIpc) is 3.13. The molecule has 2 aromatic carbocycles. The molecule has 0 bridgehead atoms. The van der Waals surface area contributed by atoms with E-state index in [0.717, 1.165) is 28.9 Å². The first-order chi connectivity index (χ1) is 13.7. The number of phenolic OH excluding ortho intramolecular Hbond substituents is 2. The number of phenols is 2. The average molecular weight is 394 g/mol. The van der Waals surface area contributed by atoms with Crippen LogP contribution in [0.4, 0.5) is 0 Å². The minimum Gasteiger partial charge on any atom is -0.504 e. The monoisotopic (exact) mass is 393 g/mol. The van der Waals surface area contributed by atoms with E-state index in [2.05, 4.69) is 10.5 Å². The molecule has 0 unspecified atom stereocenters. The second kappa shape index (κ2) is 8.44. The minimum absolute atomic E-state index is 0.158. The van der Waals surface area contributed by atoms with Crippen LogP contribution in [0.3, 0.4) is 0 Å². The third-order valence-corrected chi connectivity index (χ3v) is 5.81. The van der Waals surface area contributed by atoms with E-state index in [9.17, 15) is 10.2 Å². The number of para-hydroxylation sites is 1. The van der Waals surface area contributed by atoms with Gasteiger partial charge in [0.1, 0.15) is 0 Å². The van der Waals surface area contributed by atoms with Gasteiger partial charge in [-0.1, -0.05) is 55.7 Å². The van der Waals surface area contributed by atoms with Crippen molar-refractivity contribution in [3.05, 3.63) is 64.3 Å². The van der Waals surface area contributed by atoms with Gasteiger partial charge >= 0.3 is 0 Å². The Labute approximate surface area is 168 Å². The lowest BCUT2D eigenvalue weighted by atomic mass is 9.96. The molecule has 28 heavy (non-hydrogen) atoms. The summed E-state index contributed by atoms with van der Waals surface area (Å²) in [4.78, 5) is 5.82. The first kappa shape index (κ1) is 18.5. The van der Waals surface area contributed by atoms with Gasteiger partial charge in [-0.25, -0.2) is 4.68 Å². The molecule has 0 aliphatic heterocycles. The van der Waals surface area contributed by atoms with Gasteiger partial charge in [0.05, 0.1) is 18.0 Å². The summed E-state index contributed by atoms with van der Waals surface area (Å²) in [5.41, 5.74) is 2.47. The van der Waals surface area contributed by atoms with E-state index in [-0.39, 0.29) is 11.5 Å². The number of aromatic hydroxyl groups is 2. The van der Waals surface area contributed by atoms with Gasteiger partial charge in [-0.05, 0) is 25.0 Å². The van der Waals surface area contributed by atoms with Crippen LogP contribution in [0.15, 0.2) is 64.0 Å². The summed E-state index contributed by atoms with van der Waals surface area (Å²) < 4.78 is 1.83. The van der Waals surface area contributed by atoms with Gasteiger partial charge in [-0.2, -0.15) is 5.10 Å². The molecule has 2 N–H and O–H groups in total. The van der Waals surface area contributed by atoms with Gasteiger partial charge in [0.25, 0.3) is 0 Å². The van der Waals surface area contributed by atoms with Crippen LogP contribution in [0.1, 0.15) is 37.7 Å². The molecule has 1 saturated carbocycles. The number of thiazole rings is 1. The van der Waals surface area contributed by atoms with Crippen molar-refractivity contribution in [2.75, 3.05) is 0 Å². The van der Waals surface area contributed by atoms with Crippen LogP contribution in [0, 0.1) is 0 Å². The van der Waals surface area contributed by atoms with Gasteiger partial charge in [0, 0.05) is 16.5 Å². The molecule has 0 atom stereocenters. The maximum Gasteiger partial charge on any atom is 0.206 e. The highest BCUT2D eigenvalue weighted by Crippen LogP contribution is 2.27. The van der Waals surface area contributed by atoms with Gasteiger partial charge in [-0.3, -0.25) is 4.99 Å². The zero-order valence-electron chi connectivity index (χ0n) is 15.5. The quantitative estimate of drug-likeness (QED) is 0.496. The topological polar surface area (TPSA) is 70.1 Å². The van der Waals surface area contributed by atoms with Gasteiger partial charge in [-0.15, -0.1) is 11.3 Å². The molecular formula is C22H23N3O2S. The summed E-state index contributed by atoms with van der Waals surface area (Å²) in [7, 11) is 0. The number of nitrogens with zero attached hydrogens (tertiary/aromatic N) is 3. The largest absolute Gasteiger partial charge is 0.504 e. The Kier molecular flexibility index (Phi) is 5.58. The maximum atomic E-state index is 10.1. The van der Waals surface area contributed by atoms with Crippen molar-refractivity contribution >= 4 is 17.6 Å². The standard InChI is InChI=1S/C22H23N3O2S/c26-20-13-7-10-17(21(20)27)14-23-25-19(16-8-3-1-4-9-16)15-28-22(25)24-18-11-5-2-6-12-18/h1,3-4,7-10,13-15,18,26-27H,2,5-6,11-12H2. The zero-order chi connectivity index (χ0) is 19.3. The third-order valence-electron chi connectivity index (χ3n) is 4.98. The SMILES string of the molecule is Oc1cccc(C=Nn2c(-c3ccccc3)csc2=NC2CCCCC2)c1O. The fourth-order valence-corrected chi connectivity index (χ4v) is 4.35. The molecule has 5 nitrogen and oxygen atoms in total. The Morgan fingerprint density at radius 1 is 0.964 bits per heavy atom. The van der Waals surface area contributed by atoms with Crippen LogP contribution in [0.25, 0.3) is 11.3 Å². The first-order valence-electron chi connectivity index (χ1n) is 9.57. The van der Waals surface area contributed by atoms with Crippen LogP contribution < -0.4 is 4.80 Å². The highest BCUT2D eigenvalue weighted by molar-refractivity contribution is 7.07. The zero-order valence-corrected chi connectivity index (χ0v) is 16.3. The Balaban J connectivity index is 1.78. The van der Waals surface area contributed by atoms with Crippen molar-refractivity contribution in [1.82, 2.24) is 4.68 Å². The molecule has 0 radical (unpaired) electrons. The Morgan fingerprint density at radius 2 is 1.75 bits per heavy atom. The molecule has 1 aliphatic carbocycles. The first-order valence-corrected chi connectivity index (χ1v) is 10.5. The number of hydrogen-bond donors (Lipinski definition) is 2. The molecule has 0 amide bonds. The smallest absolute Gasteiger partial charge is 0.206 e. The summed E-state index contributed by atoms with van der Waals surface area (Å²) in [5.74, 6) is -0.330. The summed E-state index contributed by atoms with van der Waals surface area (Å²) in [5, 5.41) is 26.5. The van der Waals surface area contributed by atoms with Crippen molar-refractivity contribution in [1.29, 1.82) is 0 Å². The van der Waals surface area contributed by atoms with Gasteiger partial charge in [0.2, 0.25) is 4.80 Å². The Hall–Kier alpha value is -2.86. The van der Waals surface area contributed by atoms with E-state index < -0.39 is 0 Å². The maximum absolute atomic E-state index is 10.1. The normalized spacial score (nSPS) is 16.1. The summed E-state index contributed by atoms with van der Waals surface area (Å²) in [6.45, 7) is 0. The third kappa shape index (κ3) is 4.02. The molecule has 6 heteroatoms. The van der Waals surface area contributed by atoms with E-state index in [4.69, 9.17) is 4.99 Å². The van der Waals surface area contributed by atoms with Crippen LogP contribution in [0.5, 0.6) is 11.5 Å². The van der Waals surface area contributed by atoms with Crippen LogP contribution in [0.2, 0.25) is 0 Å². The highest BCUT2D eigenvalue weighted by Gasteiger charge is 2.14. The lowest BCUT2D eigenvalue weighted by molar-refractivity contribution is 0.403. The van der Waals surface area contributed by atoms with Gasteiger partial charge in [0.15, 0.2) is 11.5 Å². The van der Waals surface area contributed by atoms with Crippen molar-refractivity contribution in [3.63, 3.8) is 0 Å². The Bertz CT molecular complexity index is 1030. The fraction of sp³-hybridized carbons (Fsp3) is 0.273. The van der Waals surface area contributed by atoms with E-state index in [1.807, 2.05) is 35.0 Å². The van der Waals surface area contributed by atoms with Crippen molar-refractivity contribution in [2.45, 2.75) is 38.1 Å². The molecule has 0 spiro atoms. The van der Waals surface area contributed by atoms with E-state index in [0.29, 0.717) is 11.6 Å². The summed E-state index contributed by atoms with van der Waals surface area (Å²) >= 11 is 1.58. The molecule has 4 rings (SSSR count). The highest BCUT2D eigenvalue weighted by atomic mass is 32.1. The lowest BCUT2D eigenvalue weighted by Crippen LogP contribution is -2.19. The number of aromatic nitrogens is 1. The molecule has 1 aromatic heterocycles. The Morgan fingerprint density at radius 3 is 2.54 bits per heavy atom. The lowest BCUT2D eigenvalue weighted by Gasteiger charge is -2.16. The predicted molar refractivity (Wildman–Crippen MR) is 113 cm³/mol. The van der Waals surface area contributed by atoms with E-state index >= 15 is 0 Å². The molecule has 1 aliphatic rings. The van der Waals surface area contributed by atoms with Crippen molar-refractivity contribution in [2.24, 2.45) is 10.1 Å². The van der Waals surface area contributed by atoms with E-state index in [1.54, 1.807) is 29.7 Å². The van der Waals surface area contributed by atoms with Crippen LogP contribution in [-0.4, -0.2) is 27.1 Å². The van der Waals surface area contributed by atoms with Crippen molar-refractivity contribution < 1.29 is 10.2 Å².